The van der Waals surface area contributed by atoms with Gasteiger partial charge in [-0.2, -0.15) is 0 Å². The van der Waals surface area contributed by atoms with E-state index < -0.39 is 32.0 Å². The van der Waals surface area contributed by atoms with Crippen LogP contribution in [0, 0.1) is 0 Å². The fraction of sp³-hybridized carbons (Fsp3) is 1.00. The van der Waals surface area contributed by atoms with E-state index in [0.717, 1.165) is 0 Å². The molecule has 0 aromatic heterocycles. The van der Waals surface area contributed by atoms with Gasteiger partial charge in [-0.1, -0.05) is 0 Å². The molecular formula is C2H8N2Na4O6S2+2. The van der Waals surface area contributed by atoms with Crippen LogP contribution in [0.3, 0.4) is 0 Å². The Bertz CT molecular complexity index is 270. The fourth-order valence-electron chi connectivity index (χ4n) is 0. The van der Waals surface area contributed by atoms with Crippen molar-refractivity contribution in [2.75, 3.05) is 11.8 Å². The van der Waals surface area contributed by atoms with Crippen LogP contribution >= 0.6 is 0 Å². The van der Waals surface area contributed by atoms with Gasteiger partial charge >= 0.3 is 118 Å². The Morgan fingerprint density at radius 3 is 0.750 bits per heavy atom. The molecule has 4 N–H and O–H groups in total. The standard InChI is InChI=1S/2CH5NO3S.4Na/c2*2-1-6(3,4)5;;;;/h2*1-2H2,(H,3,4,5);;;;/q;;4*+1/p-2. The van der Waals surface area contributed by atoms with Crippen molar-refractivity contribution in [1.82, 2.24) is 0 Å². The van der Waals surface area contributed by atoms with Crippen molar-refractivity contribution >= 4 is 20.2 Å². The van der Waals surface area contributed by atoms with Crippen LogP contribution in [0.1, 0.15) is 0 Å². The van der Waals surface area contributed by atoms with Gasteiger partial charge in [0, 0.05) is 0 Å². The van der Waals surface area contributed by atoms with E-state index in [1.807, 2.05) is 0 Å². The number of nitrogens with two attached hydrogens (primary N) is 2. The van der Waals surface area contributed by atoms with Crippen molar-refractivity contribution in [2.45, 2.75) is 0 Å². The van der Waals surface area contributed by atoms with Crippen LogP contribution in [-0.2, 0) is 20.2 Å². The summed E-state index contributed by atoms with van der Waals surface area (Å²) in [7, 11) is -8.27. The number of hydrogen-bond acceptors (Lipinski definition) is 8. The van der Waals surface area contributed by atoms with Crippen molar-refractivity contribution in [1.29, 1.82) is 0 Å². The van der Waals surface area contributed by atoms with Gasteiger partial charge in [0.1, 0.15) is 20.2 Å². The molecular weight excluding hydrogens is 304 g/mol. The second kappa shape index (κ2) is 18.7. The van der Waals surface area contributed by atoms with Gasteiger partial charge in [-0.05, 0) is 0 Å². The first-order valence-electron chi connectivity index (χ1n) is 2.39. The molecule has 0 atom stereocenters. The zero-order chi connectivity index (χ0) is 10.4. The van der Waals surface area contributed by atoms with Crippen LogP contribution in [0.2, 0.25) is 0 Å². The third-order valence-corrected chi connectivity index (χ3v) is 1.22. The molecule has 16 heavy (non-hydrogen) atoms. The monoisotopic (exact) mass is 312 g/mol. The molecule has 0 unspecified atom stereocenters. The minimum atomic E-state index is -4.13. The minimum Gasteiger partial charge on any atom is -0.747 e. The smallest absolute Gasteiger partial charge is 0.747 e. The molecule has 0 bridgehead atoms. The van der Waals surface area contributed by atoms with Gasteiger partial charge in [0.05, 0.1) is 11.8 Å². The van der Waals surface area contributed by atoms with Crippen LogP contribution in [0.25, 0.3) is 0 Å². The van der Waals surface area contributed by atoms with Crippen LogP contribution in [-0.4, -0.2) is 37.7 Å². The van der Waals surface area contributed by atoms with Gasteiger partial charge < -0.3 is 20.6 Å². The third-order valence-electron chi connectivity index (χ3n) is 0.408. The number of hydrogen-bond donors (Lipinski definition) is 2. The predicted molar refractivity (Wildman–Crippen MR) is 37.5 cm³/mol. The molecule has 0 fully saturated rings. The summed E-state index contributed by atoms with van der Waals surface area (Å²) in [6.45, 7) is 0. The summed E-state index contributed by atoms with van der Waals surface area (Å²) >= 11 is 0. The first kappa shape index (κ1) is 36.7. The van der Waals surface area contributed by atoms with Crippen molar-refractivity contribution in [3.8, 4) is 0 Å². The van der Waals surface area contributed by atoms with Crippen LogP contribution < -0.4 is 130 Å². The molecule has 0 spiro atoms. The summed E-state index contributed by atoms with van der Waals surface area (Å²) < 4.78 is 55.9. The molecule has 0 aromatic rings. The van der Waals surface area contributed by atoms with E-state index in [0.29, 0.717) is 0 Å². The minimum absolute atomic E-state index is 0. The Labute approximate surface area is 184 Å². The summed E-state index contributed by atoms with van der Waals surface area (Å²) in [6.07, 6.45) is 0. The Kier molecular flexibility index (Phi) is 43.0. The zero-order valence-corrected chi connectivity index (χ0v) is 19.5. The summed E-state index contributed by atoms with van der Waals surface area (Å²) in [5, 5.41) is 0. The first-order chi connectivity index (χ1) is 5.12. The van der Waals surface area contributed by atoms with Crippen molar-refractivity contribution in [2.24, 2.45) is 11.5 Å². The summed E-state index contributed by atoms with van der Waals surface area (Å²) in [4.78, 5) is 0. The van der Waals surface area contributed by atoms with E-state index >= 15 is 0 Å². The summed E-state index contributed by atoms with van der Waals surface area (Å²) in [5.41, 5.74) is 8.81. The zero-order valence-electron chi connectivity index (χ0n) is 9.83. The normalized spacial score (nSPS) is 8.75. The van der Waals surface area contributed by atoms with Gasteiger partial charge in [0.2, 0.25) is 0 Å². The maximum absolute atomic E-state index is 9.32. The van der Waals surface area contributed by atoms with Crippen LogP contribution in [0.4, 0.5) is 0 Å². The van der Waals surface area contributed by atoms with Gasteiger partial charge in [-0.15, -0.1) is 0 Å². The quantitative estimate of drug-likeness (QED) is 0.374. The van der Waals surface area contributed by atoms with Gasteiger partial charge in [0.15, 0.2) is 0 Å². The molecule has 0 heterocycles. The Morgan fingerprint density at radius 1 is 0.688 bits per heavy atom. The molecule has 0 aliphatic heterocycles. The van der Waals surface area contributed by atoms with E-state index in [1.165, 1.54) is 0 Å². The third kappa shape index (κ3) is 52.4. The second-order valence-corrected chi connectivity index (χ2v) is 4.35. The summed E-state index contributed by atoms with van der Waals surface area (Å²) in [5.74, 6) is -1.62. The van der Waals surface area contributed by atoms with Gasteiger partial charge in [0.25, 0.3) is 0 Å². The molecule has 0 saturated heterocycles. The largest absolute Gasteiger partial charge is 1.00 e. The average molecular weight is 312 g/mol. The Morgan fingerprint density at radius 2 is 0.750 bits per heavy atom. The molecule has 0 rings (SSSR count). The van der Waals surface area contributed by atoms with E-state index in [9.17, 15) is 25.9 Å². The molecule has 0 aliphatic carbocycles. The maximum Gasteiger partial charge on any atom is 1.00 e. The van der Waals surface area contributed by atoms with E-state index in [2.05, 4.69) is 11.5 Å². The Hall–Kier alpha value is 3.74. The first-order valence-corrected chi connectivity index (χ1v) is 5.55. The van der Waals surface area contributed by atoms with E-state index in [4.69, 9.17) is 0 Å². The average Bonchev–Trinajstić information content (AvgIpc) is 1.86. The maximum atomic E-state index is 9.32. The topological polar surface area (TPSA) is 166 Å². The molecule has 0 amide bonds. The van der Waals surface area contributed by atoms with Gasteiger partial charge in [-0.25, -0.2) is 16.8 Å². The molecule has 76 valence electrons. The molecule has 8 nitrogen and oxygen atoms in total. The van der Waals surface area contributed by atoms with Crippen molar-refractivity contribution in [3.63, 3.8) is 0 Å². The van der Waals surface area contributed by atoms with Crippen molar-refractivity contribution < 1.29 is 144 Å². The predicted octanol–water partition coefficient (Wildman–Crippen LogP) is -15.1. The van der Waals surface area contributed by atoms with Gasteiger partial charge in [-0.3, -0.25) is 0 Å². The summed E-state index contributed by atoms with van der Waals surface area (Å²) in [6, 6.07) is 0. The number of rotatable bonds is 2. The van der Waals surface area contributed by atoms with E-state index in [1.54, 1.807) is 0 Å². The second-order valence-electron chi connectivity index (χ2n) is 1.45. The van der Waals surface area contributed by atoms with Crippen LogP contribution in [0.15, 0.2) is 0 Å². The van der Waals surface area contributed by atoms with Crippen LogP contribution in [0.5, 0.6) is 0 Å². The molecule has 14 heteroatoms. The fourth-order valence-corrected chi connectivity index (χ4v) is 0. The Balaban J connectivity index is -0.0000000250. The molecule has 0 aromatic carbocycles. The molecule has 0 radical (unpaired) electrons. The van der Waals surface area contributed by atoms with E-state index in [-0.39, 0.29) is 118 Å². The van der Waals surface area contributed by atoms with Crippen molar-refractivity contribution in [3.05, 3.63) is 0 Å². The molecule has 0 saturated carbocycles. The molecule has 0 aliphatic rings. The SMILES string of the molecule is NCS(=O)(=O)[O-].NCS(=O)(=O)[O-].[Na+].[Na+].[Na+].[Na+].